The molecule has 2 rings (SSSR count). The van der Waals surface area contributed by atoms with Crippen molar-refractivity contribution in [2.45, 2.75) is 13.8 Å². The van der Waals surface area contributed by atoms with E-state index in [4.69, 9.17) is 0 Å². The van der Waals surface area contributed by atoms with Crippen LogP contribution in [-0.4, -0.2) is 45.0 Å². The smallest absolute Gasteiger partial charge is 0.199 e. The SMILES string of the molecule is CC#CC(=C1C=CC(=[N+](C)C)C=C1)c1ccc([N+](C)(C)CC)cc1.[HH]. The van der Waals surface area contributed by atoms with E-state index in [0.29, 0.717) is 0 Å². The molecular weight excluding hydrogens is 292 g/mol. The molecule has 2 nitrogen and oxygen atoms in total. The van der Waals surface area contributed by atoms with Crippen molar-refractivity contribution in [2.24, 2.45) is 0 Å². The predicted molar refractivity (Wildman–Crippen MR) is 109 cm³/mol. The minimum Gasteiger partial charge on any atom is -0.296 e. The molecular formula is C22H30N2+2. The molecule has 24 heavy (non-hydrogen) atoms. The van der Waals surface area contributed by atoms with Crippen molar-refractivity contribution in [2.75, 3.05) is 34.7 Å². The van der Waals surface area contributed by atoms with Gasteiger partial charge in [0.25, 0.3) is 0 Å². The minimum absolute atomic E-state index is 0. The van der Waals surface area contributed by atoms with E-state index in [0.717, 1.165) is 22.2 Å². The van der Waals surface area contributed by atoms with Crippen LogP contribution in [0.5, 0.6) is 0 Å². The summed E-state index contributed by atoms with van der Waals surface area (Å²) in [6.07, 6.45) is 8.57. The molecule has 0 aromatic heterocycles. The first kappa shape index (κ1) is 18.0. The molecule has 2 heteroatoms. The van der Waals surface area contributed by atoms with Gasteiger partial charge in [0.15, 0.2) is 5.71 Å². The molecule has 0 aliphatic heterocycles. The van der Waals surface area contributed by atoms with Crippen LogP contribution in [0.2, 0.25) is 0 Å². The van der Waals surface area contributed by atoms with Crippen LogP contribution in [0.4, 0.5) is 5.69 Å². The van der Waals surface area contributed by atoms with Crippen LogP contribution in [0, 0.1) is 11.8 Å². The summed E-state index contributed by atoms with van der Waals surface area (Å²) >= 11 is 0. The third-order valence-electron chi connectivity index (χ3n) is 4.57. The zero-order valence-corrected chi connectivity index (χ0v) is 15.7. The van der Waals surface area contributed by atoms with Gasteiger partial charge in [-0.05, 0) is 61.4 Å². The monoisotopic (exact) mass is 322 g/mol. The van der Waals surface area contributed by atoms with Crippen molar-refractivity contribution in [3.8, 4) is 11.8 Å². The molecule has 1 aliphatic carbocycles. The lowest BCUT2D eigenvalue weighted by molar-refractivity contribution is -0.462. The fourth-order valence-electron chi connectivity index (χ4n) is 2.58. The van der Waals surface area contributed by atoms with Crippen LogP contribution in [0.3, 0.4) is 0 Å². The summed E-state index contributed by atoms with van der Waals surface area (Å²) in [5.41, 5.74) is 5.91. The molecule has 0 radical (unpaired) electrons. The van der Waals surface area contributed by atoms with Crippen LogP contribution in [0.15, 0.2) is 54.1 Å². The largest absolute Gasteiger partial charge is 0.296 e. The summed E-state index contributed by atoms with van der Waals surface area (Å²) in [5.74, 6) is 6.34. The van der Waals surface area contributed by atoms with E-state index >= 15 is 0 Å². The Hall–Kier alpha value is -2.37. The molecule has 0 bridgehead atoms. The second-order valence-electron chi connectivity index (χ2n) is 6.74. The van der Waals surface area contributed by atoms with E-state index in [-0.39, 0.29) is 1.43 Å². The second kappa shape index (κ2) is 7.47. The van der Waals surface area contributed by atoms with E-state index in [1.165, 1.54) is 17.0 Å². The maximum Gasteiger partial charge on any atom is 0.199 e. The molecule has 0 heterocycles. The van der Waals surface area contributed by atoms with Gasteiger partial charge in [0.1, 0.15) is 19.8 Å². The predicted octanol–water partition coefficient (Wildman–Crippen LogP) is 4.14. The molecule has 1 aromatic carbocycles. The van der Waals surface area contributed by atoms with Crippen LogP contribution < -0.4 is 4.48 Å². The number of allylic oxidation sites excluding steroid dienone is 6. The summed E-state index contributed by atoms with van der Waals surface area (Å²) < 4.78 is 2.99. The number of quaternary nitrogens is 1. The molecule has 1 aromatic rings. The Morgan fingerprint density at radius 1 is 1.04 bits per heavy atom. The van der Waals surface area contributed by atoms with Gasteiger partial charge in [0, 0.05) is 19.2 Å². The highest BCUT2D eigenvalue weighted by atomic mass is 15.3. The first-order chi connectivity index (χ1) is 11.4. The summed E-state index contributed by atoms with van der Waals surface area (Å²) in [7, 11) is 8.56. The van der Waals surface area contributed by atoms with E-state index in [1.807, 2.05) is 6.92 Å². The lowest BCUT2D eigenvalue weighted by atomic mass is 9.96. The summed E-state index contributed by atoms with van der Waals surface area (Å²) in [4.78, 5) is 0. The maximum atomic E-state index is 3.28. The van der Waals surface area contributed by atoms with Crippen LogP contribution >= 0.6 is 0 Å². The van der Waals surface area contributed by atoms with Crippen molar-refractivity contribution in [1.82, 2.24) is 4.48 Å². The van der Waals surface area contributed by atoms with Crippen molar-refractivity contribution >= 4 is 17.0 Å². The highest BCUT2D eigenvalue weighted by Gasteiger charge is 2.16. The molecule has 0 unspecified atom stereocenters. The van der Waals surface area contributed by atoms with E-state index in [1.54, 1.807) is 0 Å². The topological polar surface area (TPSA) is 3.01 Å². The first-order valence-corrected chi connectivity index (χ1v) is 8.40. The minimum atomic E-state index is 0. The van der Waals surface area contributed by atoms with Gasteiger partial charge >= 0.3 is 0 Å². The van der Waals surface area contributed by atoms with Gasteiger partial charge in [-0.15, -0.1) is 5.92 Å². The van der Waals surface area contributed by atoms with Crippen molar-refractivity contribution in [3.63, 3.8) is 0 Å². The maximum absolute atomic E-state index is 3.28. The summed E-state index contributed by atoms with van der Waals surface area (Å²) in [6, 6.07) is 8.80. The Bertz CT molecular complexity index is 773. The van der Waals surface area contributed by atoms with E-state index in [2.05, 4.69) is 100 Å². The third kappa shape index (κ3) is 3.93. The van der Waals surface area contributed by atoms with E-state index in [9.17, 15) is 0 Å². The molecule has 1 aliphatic rings. The molecule has 0 N–H and O–H groups in total. The molecule has 0 atom stereocenters. The van der Waals surface area contributed by atoms with Crippen LogP contribution in [0.25, 0.3) is 5.57 Å². The Morgan fingerprint density at radius 2 is 1.62 bits per heavy atom. The van der Waals surface area contributed by atoms with Crippen LogP contribution in [-0.2, 0) is 0 Å². The molecule has 0 spiro atoms. The Labute approximate surface area is 148 Å². The van der Waals surface area contributed by atoms with Gasteiger partial charge in [-0.1, -0.05) is 5.92 Å². The van der Waals surface area contributed by atoms with Gasteiger partial charge in [0.2, 0.25) is 0 Å². The highest BCUT2D eigenvalue weighted by Crippen LogP contribution is 2.26. The fourth-order valence-corrected chi connectivity index (χ4v) is 2.58. The third-order valence-corrected chi connectivity index (χ3v) is 4.57. The highest BCUT2D eigenvalue weighted by molar-refractivity contribution is 6.03. The molecule has 126 valence electrons. The van der Waals surface area contributed by atoms with E-state index < -0.39 is 0 Å². The standard InChI is InChI=1S/C22H28N2.H2/c1-7-9-22(18-10-14-20(15-11-18)23(3)4)19-12-16-21(17-13-19)24(5,6)8-2;/h10-17H,8H2,1-6H3;1H/q+2;. The van der Waals surface area contributed by atoms with Crippen molar-refractivity contribution in [3.05, 3.63) is 59.7 Å². The number of hydrogen-bond acceptors (Lipinski definition) is 0. The Kier molecular flexibility index (Phi) is 5.59. The van der Waals surface area contributed by atoms with Crippen molar-refractivity contribution < 1.29 is 6.00 Å². The average molecular weight is 322 g/mol. The molecule has 0 saturated carbocycles. The molecule has 0 saturated heterocycles. The quantitative estimate of drug-likeness (QED) is 0.447. The molecule has 0 amide bonds. The van der Waals surface area contributed by atoms with Crippen LogP contribution in [0.1, 0.15) is 20.8 Å². The number of nitrogens with zero attached hydrogens (tertiary/aromatic N) is 2. The zero-order chi connectivity index (χ0) is 17.7. The number of hydrogen-bond donors (Lipinski definition) is 0. The van der Waals surface area contributed by atoms with Gasteiger partial charge in [-0.2, -0.15) is 0 Å². The Morgan fingerprint density at radius 3 is 2.08 bits per heavy atom. The van der Waals surface area contributed by atoms with Gasteiger partial charge < -0.3 is 0 Å². The zero-order valence-electron chi connectivity index (χ0n) is 15.7. The molecule has 0 fully saturated rings. The second-order valence-corrected chi connectivity index (χ2v) is 6.74. The average Bonchev–Trinajstić information content (AvgIpc) is 2.60. The fraction of sp³-hybridized carbons (Fsp3) is 0.318. The number of rotatable bonds is 3. The normalized spacial score (nSPS) is 13.6. The Balaban J connectivity index is 0.00000312. The van der Waals surface area contributed by atoms with Gasteiger partial charge in [0.05, 0.1) is 20.6 Å². The lowest BCUT2D eigenvalue weighted by Crippen LogP contribution is -2.39. The summed E-state index contributed by atoms with van der Waals surface area (Å²) in [6.45, 7) is 5.16. The van der Waals surface area contributed by atoms with Gasteiger partial charge in [-0.3, -0.25) is 4.48 Å². The number of benzene rings is 1. The van der Waals surface area contributed by atoms with Crippen molar-refractivity contribution in [1.29, 1.82) is 0 Å². The lowest BCUT2D eigenvalue weighted by Gasteiger charge is -2.27. The summed E-state index contributed by atoms with van der Waals surface area (Å²) in [5, 5.41) is 0. The van der Waals surface area contributed by atoms with Gasteiger partial charge in [-0.25, -0.2) is 4.58 Å². The first-order valence-electron chi connectivity index (χ1n) is 8.40.